The van der Waals surface area contributed by atoms with Gasteiger partial charge in [0.25, 0.3) is 11.8 Å². The maximum Gasteiger partial charge on any atom is 0.335 e. The lowest BCUT2D eigenvalue weighted by Gasteiger charge is -2.28. The highest BCUT2D eigenvalue weighted by Gasteiger charge is 2.40. The van der Waals surface area contributed by atoms with Crippen molar-refractivity contribution in [3.05, 3.63) is 75.9 Å². The van der Waals surface area contributed by atoms with Gasteiger partial charge in [-0.25, -0.2) is 15.1 Å². The van der Waals surface area contributed by atoms with Crippen LogP contribution in [0.4, 0.5) is 10.5 Å². The molecule has 31 heavy (non-hydrogen) atoms. The summed E-state index contributed by atoms with van der Waals surface area (Å²) in [5.41, 5.74) is 3.08. The lowest BCUT2D eigenvalue weighted by molar-refractivity contribution is -0.131. The zero-order chi connectivity index (χ0) is 22.0. The molecule has 1 aliphatic heterocycles. The number of barbiturate groups is 1. The third-order valence-electron chi connectivity index (χ3n) is 4.71. The molecule has 0 aromatic heterocycles. The van der Waals surface area contributed by atoms with E-state index in [9.17, 15) is 19.2 Å². The van der Waals surface area contributed by atoms with E-state index in [4.69, 9.17) is 0 Å². The molecule has 1 aliphatic rings. The van der Waals surface area contributed by atoms with Gasteiger partial charge in [-0.1, -0.05) is 36.4 Å². The fraction of sp³-hybridized carbons (Fsp3) is 0.0455. The number of nitrogens with one attached hydrogen (secondary N) is 2. The molecule has 1 heterocycles. The lowest BCUT2D eigenvalue weighted by atomic mass is 10.0. The SMILES string of the molecule is O=C(N/N=C\[C@H]1C(=O)NC(=O)N(c2ccc(I)cc2)C1=O)c1cccc2ccccc12. The van der Waals surface area contributed by atoms with Gasteiger partial charge >= 0.3 is 6.03 Å². The molecular formula is C22H15IN4O4. The Balaban J connectivity index is 1.53. The zero-order valence-electron chi connectivity index (χ0n) is 15.9. The van der Waals surface area contributed by atoms with Crippen molar-refractivity contribution < 1.29 is 19.2 Å². The van der Waals surface area contributed by atoms with E-state index >= 15 is 0 Å². The fourth-order valence-electron chi connectivity index (χ4n) is 3.21. The van der Waals surface area contributed by atoms with E-state index in [0.29, 0.717) is 11.3 Å². The van der Waals surface area contributed by atoms with E-state index < -0.39 is 29.7 Å². The highest BCUT2D eigenvalue weighted by Crippen LogP contribution is 2.21. The van der Waals surface area contributed by atoms with Crippen LogP contribution >= 0.6 is 22.6 Å². The van der Waals surface area contributed by atoms with Gasteiger partial charge in [-0.3, -0.25) is 19.7 Å². The van der Waals surface area contributed by atoms with Crippen LogP contribution in [0.15, 0.2) is 71.8 Å². The average molecular weight is 526 g/mol. The van der Waals surface area contributed by atoms with E-state index in [1.807, 2.05) is 30.3 Å². The van der Waals surface area contributed by atoms with Crippen molar-refractivity contribution in [3.63, 3.8) is 0 Å². The molecule has 3 aromatic carbocycles. The standard InChI is InChI=1S/C22H15IN4O4/c23-14-8-10-15(11-9-14)27-21(30)18(19(28)25-22(27)31)12-24-26-20(29)17-7-3-5-13-4-1-2-6-16(13)17/h1-12,18H,(H,26,29)(H,25,28,31)/b24-12-/t18-/m0/s1. The van der Waals surface area contributed by atoms with Crippen LogP contribution in [0.3, 0.4) is 0 Å². The summed E-state index contributed by atoms with van der Waals surface area (Å²) in [6, 6.07) is 18.5. The zero-order valence-corrected chi connectivity index (χ0v) is 18.1. The number of nitrogens with zero attached hydrogens (tertiary/aromatic N) is 2. The molecule has 1 atom stereocenters. The Morgan fingerprint density at radius 3 is 2.48 bits per heavy atom. The molecule has 0 unspecified atom stereocenters. The van der Waals surface area contributed by atoms with Crippen LogP contribution in [0, 0.1) is 9.49 Å². The Kier molecular flexibility index (Phi) is 5.76. The number of halogens is 1. The number of hydrogen-bond acceptors (Lipinski definition) is 5. The Bertz CT molecular complexity index is 1230. The number of benzene rings is 3. The topological polar surface area (TPSA) is 108 Å². The average Bonchev–Trinajstić information content (AvgIpc) is 2.76. The van der Waals surface area contributed by atoms with Gasteiger partial charge in [-0.15, -0.1) is 0 Å². The minimum absolute atomic E-state index is 0.327. The number of fused-ring (bicyclic) bond motifs is 1. The van der Waals surface area contributed by atoms with Crippen LogP contribution in [0.5, 0.6) is 0 Å². The van der Waals surface area contributed by atoms with Gasteiger partial charge in [0, 0.05) is 15.3 Å². The summed E-state index contributed by atoms with van der Waals surface area (Å²) in [6.07, 6.45) is 1.02. The molecule has 9 heteroatoms. The van der Waals surface area contributed by atoms with Gasteiger partial charge in [0.1, 0.15) is 0 Å². The van der Waals surface area contributed by atoms with Gasteiger partial charge in [-0.2, -0.15) is 5.10 Å². The first-order valence-electron chi connectivity index (χ1n) is 9.21. The molecule has 2 N–H and O–H groups in total. The van der Waals surface area contributed by atoms with Crippen molar-refractivity contribution in [2.24, 2.45) is 11.0 Å². The molecule has 3 aromatic rings. The van der Waals surface area contributed by atoms with E-state index in [0.717, 1.165) is 25.5 Å². The van der Waals surface area contributed by atoms with Gasteiger partial charge in [0.2, 0.25) is 5.91 Å². The summed E-state index contributed by atoms with van der Waals surface area (Å²) in [7, 11) is 0. The molecule has 0 bridgehead atoms. The van der Waals surface area contributed by atoms with Gasteiger partial charge in [0.05, 0.1) is 5.69 Å². The second kappa shape index (κ2) is 8.64. The van der Waals surface area contributed by atoms with E-state index in [2.05, 4.69) is 38.4 Å². The molecule has 154 valence electrons. The van der Waals surface area contributed by atoms with Crippen molar-refractivity contribution >= 4 is 69.0 Å². The van der Waals surface area contributed by atoms with Crippen molar-refractivity contribution in [1.29, 1.82) is 0 Å². The summed E-state index contributed by atoms with van der Waals surface area (Å²) < 4.78 is 0.927. The van der Waals surface area contributed by atoms with E-state index in [1.54, 1.807) is 36.4 Å². The molecule has 0 radical (unpaired) electrons. The third kappa shape index (κ3) is 4.17. The number of carbonyl (C=O) groups excluding carboxylic acids is 4. The number of amides is 5. The monoisotopic (exact) mass is 526 g/mol. The van der Waals surface area contributed by atoms with Gasteiger partial charge in [0.15, 0.2) is 5.92 Å². The normalized spacial score (nSPS) is 16.6. The molecule has 4 rings (SSSR count). The van der Waals surface area contributed by atoms with Crippen molar-refractivity contribution in [1.82, 2.24) is 10.7 Å². The largest absolute Gasteiger partial charge is 0.335 e. The molecule has 0 spiro atoms. The highest BCUT2D eigenvalue weighted by molar-refractivity contribution is 14.1. The quantitative estimate of drug-likeness (QED) is 0.236. The lowest BCUT2D eigenvalue weighted by Crippen LogP contribution is -2.58. The Morgan fingerprint density at radius 2 is 1.71 bits per heavy atom. The fourth-order valence-corrected chi connectivity index (χ4v) is 3.57. The van der Waals surface area contributed by atoms with E-state index in [1.165, 1.54) is 0 Å². The minimum atomic E-state index is -1.36. The number of carbonyl (C=O) groups is 4. The number of hydrazone groups is 1. The van der Waals surface area contributed by atoms with Crippen LogP contribution in [-0.2, 0) is 9.59 Å². The number of anilines is 1. The van der Waals surface area contributed by atoms with Crippen LogP contribution in [0.2, 0.25) is 0 Å². The Hall–Kier alpha value is -3.60. The van der Waals surface area contributed by atoms with Crippen LogP contribution in [0.1, 0.15) is 10.4 Å². The first-order valence-corrected chi connectivity index (χ1v) is 10.3. The molecule has 8 nitrogen and oxygen atoms in total. The summed E-state index contributed by atoms with van der Waals surface area (Å²) in [5, 5.41) is 7.58. The number of urea groups is 1. The predicted octanol–water partition coefficient (Wildman–Crippen LogP) is 3.06. The van der Waals surface area contributed by atoms with Crippen molar-refractivity contribution in [3.8, 4) is 0 Å². The van der Waals surface area contributed by atoms with Crippen LogP contribution < -0.4 is 15.6 Å². The van der Waals surface area contributed by atoms with Crippen molar-refractivity contribution in [2.75, 3.05) is 4.90 Å². The minimum Gasteiger partial charge on any atom is -0.276 e. The summed E-state index contributed by atoms with van der Waals surface area (Å²) >= 11 is 2.10. The summed E-state index contributed by atoms with van der Waals surface area (Å²) in [6.45, 7) is 0. The predicted molar refractivity (Wildman–Crippen MR) is 124 cm³/mol. The Morgan fingerprint density at radius 1 is 1.00 bits per heavy atom. The number of imide groups is 2. The first-order chi connectivity index (χ1) is 15.0. The molecule has 0 saturated carbocycles. The maximum atomic E-state index is 12.8. The van der Waals surface area contributed by atoms with Crippen molar-refractivity contribution in [2.45, 2.75) is 0 Å². The second-order valence-corrected chi connectivity index (χ2v) is 7.91. The summed E-state index contributed by atoms with van der Waals surface area (Å²) in [5.74, 6) is -3.40. The molecular weight excluding hydrogens is 511 g/mol. The molecule has 0 aliphatic carbocycles. The Labute approximate surface area is 190 Å². The van der Waals surface area contributed by atoms with Gasteiger partial charge in [-0.05, 0) is 63.7 Å². The second-order valence-electron chi connectivity index (χ2n) is 6.67. The molecule has 1 fully saturated rings. The third-order valence-corrected chi connectivity index (χ3v) is 5.43. The van der Waals surface area contributed by atoms with Crippen LogP contribution in [0.25, 0.3) is 10.8 Å². The molecule has 5 amide bonds. The smallest absolute Gasteiger partial charge is 0.276 e. The number of hydrogen-bond donors (Lipinski definition) is 2. The maximum absolute atomic E-state index is 12.8. The highest BCUT2D eigenvalue weighted by atomic mass is 127. The molecule has 1 saturated heterocycles. The van der Waals surface area contributed by atoms with Crippen LogP contribution in [-0.4, -0.2) is 30.0 Å². The summed E-state index contributed by atoms with van der Waals surface area (Å²) in [4.78, 5) is 50.6. The van der Waals surface area contributed by atoms with E-state index in [-0.39, 0.29) is 0 Å². The first kappa shape index (κ1) is 20.7. The van der Waals surface area contributed by atoms with Gasteiger partial charge < -0.3 is 0 Å². The number of rotatable bonds is 4.